The quantitative estimate of drug-likeness (QED) is 0.602. The topological polar surface area (TPSA) is 95.7 Å². The van der Waals surface area contributed by atoms with Crippen LogP contribution in [-0.4, -0.2) is 26.7 Å². The van der Waals surface area contributed by atoms with Gasteiger partial charge in [0.05, 0.1) is 6.04 Å². The van der Waals surface area contributed by atoms with Gasteiger partial charge >= 0.3 is 0 Å². The lowest BCUT2D eigenvalue weighted by Gasteiger charge is -2.27. The molecule has 1 atom stereocenters. The number of nitrogens with one attached hydrogen (secondary N) is 2. The molecule has 1 saturated heterocycles. The molecular formula is C20H21F2N7. The Hall–Kier alpha value is -3.23. The van der Waals surface area contributed by atoms with E-state index in [1.54, 1.807) is 0 Å². The van der Waals surface area contributed by atoms with Crippen LogP contribution in [0.4, 0.5) is 31.9 Å². The Morgan fingerprint density at radius 3 is 2.79 bits per heavy atom. The number of nitrogens with two attached hydrogens (primary N) is 1. The number of halogens is 2. The lowest BCUT2D eigenvalue weighted by Crippen LogP contribution is -2.26. The summed E-state index contributed by atoms with van der Waals surface area (Å²) in [4.78, 5) is 10.6. The summed E-state index contributed by atoms with van der Waals surface area (Å²) < 4.78 is 27.7. The Morgan fingerprint density at radius 1 is 1.14 bits per heavy atom. The SMILES string of the molecule is Nc1c(Nc2cc(C3CC3)[nH]n2)ncnc1N1CCCC1c1ccc(F)cc1F. The van der Waals surface area contributed by atoms with Crippen LogP contribution >= 0.6 is 0 Å². The van der Waals surface area contributed by atoms with Crippen LogP contribution in [0.15, 0.2) is 30.6 Å². The van der Waals surface area contributed by atoms with Gasteiger partial charge in [-0.15, -0.1) is 0 Å². The summed E-state index contributed by atoms with van der Waals surface area (Å²) >= 11 is 0. The van der Waals surface area contributed by atoms with E-state index >= 15 is 0 Å². The van der Waals surface area contributed by atoms with Gasteiger partial charge in [-0.25, -0.2) is 18.7 Å². The van der Waals surface area contributed by atoms with Gasteiger partial charge in [0.15, 0.2) is 17.5 Å². The highest BCUT2D eigenvalue weighted by Crippen LogP contribution is 2.41. The van der Waals surface area contributed by atoms with E-state index in [4.69, 9.17) is 5.73 Å². The molecule has 150 valence electrons. The number of aromatic nitrogens is 4. The molecule has 5 rings (SSSR count). The first-order valence-electron chi connectivity index (χ1n) is 9.74. The van der Waals surface area contributed by atoms with Crippen molar-refractivity contribution in [3.63, 3.8) is 0 Å². The first-order chi connectivity index (χ1) is 14.1. The lowest BCUT2D eigenvalue weighted by molar-refractivity contribution is 0.553. The number of rotatable bonds is 5. The third-order valence-corrected chi connectivity index (χ3v) is 5.57. The Kier molecular flexibility index (Phi) is 4.30. The second-order valence-corrected chi connectivity index (χ2v) is 7.58. The second-order valence-electron chi connectivity index (χ2n) is 7.58. The summed E-state index contributed by atoms with van der Waals surface area (Å²) in [6.45, 7) is 0.677. The molecule has 2 fully saturated rings. The van der Waals surface area contributed by atoms with Crippen molar-refractivity contribution >= 4 is 23.1 Å². The molecule has 1 unspecified atom stereocenters. The normalized spacial score (nSPS) is 19.0. The standard InChI is InChI=1S/C20H21F2N7/c21-12-5-6-13(14(22)8-12)16-2-1-7-29(16)20-18(23)19(24-10-25-20)26-17-9-15(27-28-17)11-3-4-11/h5-6,8-11,16H,1-4,7,23H2,(H2,24,25,26,27,28). The van der Waals surface area contributed by atoms with Crippen molar-refractivity contribution < 1.29 is 8.78 Å². The molecule has 1 saturated carbocycles. The maximum Gasteiger partial charge on any atom is 0.160 e. The van der Waals surface area contributed by atoms with Crippen LogP contribution in [0.2, 0.25) is 0 Å². The minimum absolute atomic E-state index is 0.257. The molecule has 1 aliphatic carbocycles. The Labute approximate surface area is 166 Å². The largest absolute Gasteiger partial charge is 0.393 e. The van der Waals surface area contributed by atoms with Gasteiger partial charge in [0.1, 0.15) is 23.6 Å². The molecule has 0 bridgehead atoms. The third-order valence-electron chi connectivity index (χ3n) is 5.57. The van der Waals surface area contributed by atoms with Gasteiger partial charge in [-0.05, 0) is 31.7 Å². The smallest absolute Gasteiger partial charge is 0.160 e. The molecule has 2 aliphatic rings. The fraction of sp³-hybridized carbons (Fsp3) is 0.350. The number of hydrogen-bond donors (Lipinski definition) is 3. The average molecular weight is 397 g/mol. The molecule has 2 aromatic heterocycles. The fourth-order valence-corrected chi connectivity index (χ4v) is 3.96. The summed E-state index contributed by atoms with van der Waals surface area (Å²) in [6.07, 6.45) is 5.38. The van der Waals surface area contributed by atoms with E-state index in [0.717, 1.165) is 24.6 Å². The highest BCUT2D eigenvalue weighted by Gasteiger charge is 2.31. The summed E-state index contributed by atoms with van der Waals surface area (Å²) in [6, 6.07) is 5.39. The van der Waals surface area contributed by atoms with E-state index < -0.39 is 11.6 Å². The van der Waals surface area contributed by atoms with Gasteiger partial charge in [-0.2, -0.15) is 5.10 Å². The van der Waals surface area contributed by atoms with Crippen molar-refractivity contribution in [1.29, 1.82) is 0 Å². The maximum absolute atomic E-state index is 14.4. The molecule has 29 heavy (non-hydrogen) atoms. The van der Waals surface area contributed by atoms with Gasteiger partial charge in [0.25, 0.3) is 0 Å². The Balaban J connectivity index is 1.43. The summed E-state index contributed by atoms with van der Waals surface area (Å²) in [5.41, 5.74) is 8.29. The lowest BCUT2D eigenvalue weighted by atomic mass is 10.0. The number of H-pyrrole nitrogens is 1. The first-order valence-corrected chi connectivity index (χ1v) is 9.74. The van der Waals surface area contributed by atoms with Crippen LogP contribution in [0.5, 0.6) is 0 Å². The van der Waals surface area contributed by atoms with Gasteiger partial charge in [-0.1, -0.05) is 6.07 Å². The number of nitrogen functional groups attached to an aromatic ring is 1. The van der Waals surface area contributed by atoms with E-state index in [1.807, 2.05) is 11.0 Å². The molecule has 4 N–H and O–H groups in total. The number of hydrogen-bond acceptors (Lipinski definition) is 6. The number of benzene rings is 1. The van der Waals surface area contributed by atoms with Crippen molar-refractivity contribution in [2.24, 2.45) is 0 Å². The minimum atomic E-state index is -0.589. The van der Waals surface area contributed by atoms with Crippen LogP contribution in [-0.2, 0) is 0 Å². The summed E-state index contributed by atoms with van der Waals surface area (Å²) in [5.74, 6) is 1.05. The monoisotopic (exact) mass is 397 g/mol. The van der Waals surface area contributed by atoms with Crippen molar-refractivity contribution in [1.82, 2.24) is 20.2 Å². The molecule has 3 aromatic rings. The average Bonchev–Trinajstić information content (AvgIpc) is 3.25. The minimum Gasteiger partial charge on any atom is -0.393 e. The third kappa shape index (κ3) is 3.37. The summed E-state index contributed by atoms with van der Waals surface area (Å²) in [5, 5.41) is 10.5. The zero-order chi connectivity index (χ0) is 20.0. The van der Waals surface area contributed by atoms with Gasteiger partial charge < -0.3 is 16.0 Å². The van der Waals surface area contributed by atoms with Crippen LogP contribution < -0.4 is 16.0 Å². The second kappa shape index (κ2) is 6.98. The molecule has 9 heteroatoms. The molecule has 0 amide bonds. The van der Waals surface area contributed by atoms with Crippen molar-refractivity contribution in [3.8, 4) is 0 Å². The van der Waals surface area contributed by atoms with Crippen LogP contribution in [0.25, 0.3) is 0 Å². The number of anilines is 4. The van der Waals surface area contributed by atoms with E-state index in [-0.39, 0.29) is 6.04 Å². The fourth-order valence-electron chi connectivity index (χ4n) is 3.96. The molecule has 0 spiro atoms. The summed E-state index contributed by atoms with van der Waals surface area (Å²) in [7, 11) is 0. The molecule has 0 radical (unpaired) electrons. The van der Waals surface area contributed by atoms with Gasteiger partial charge in [-0.3, -0.25) is 5.10 Å². The Bertz CT molecular complexity index is 1050. The Morgan fingerprint density at radius 2 is 2.00 bits per heavy atom. The molecule has 7 nitrogen and oxygen atoms in total. The van der Waals surface area contributed by atoms with Crippen molar-refractivity contribution in [3.05, 3.63) is 53.5 Å². The van der Waals surface area contributed by atoms with Crippen LogP contribution in [0.1, 0.15) is 48.9 Å². The van der Waals surface area contributed by atoms with Crippen molar-refractivity contribution in [2.45, 2.75) is 37.6 Å². The van der Waals surface area contributed by atoms with Gasteiger partial charge in [0.2, 0.25) is 0 Å². The maximum atomic E-state index is 14.4. The number of nitrogens with zero attached hydrogens (tertiary/aromatic N) is 4. The molecule has 3 heterocycles. The van der Waals surface area contributed by atoms with Crippen molar-refractivity contribution in [2.75, 3.05) is 22.5 Å². The zero-order valence-electron chi connectivity index (χ0n) is 15.7. The molecule has 1 aliphatic heterocycles. The zero-order valence-corrected chi connectivity index (χ0v) is 15.7. The van der Waals surface area contributed by atoms with E-state index in [1.165, 1.54) is 31.3 Å². The van der Waals surface area contributed by atoms with E-state index in [9.17, 15) is 8.78 Å². The highest BCUT2D eigenvalue weighted by molar-refractivity contribution is 5.78. The van der Waals surface area contributed by atoms with Crippen LogP contribution in [0, 0.1) is 11.6 Å². The van der Waals surface area contributed by atoms with E-state index in [0.29, 0.717) is 41.2 Å². The van der Waals surface area contributed by atoms with E-state index in [2.05, 4.69) is 25.5 Å². The van der Waals surface area contributed by atoms with Gasteiger partial charge in [0, 0.05) is 35.9 Å². The molecular weight excluding hydrogens is 376 g/mol. The number of aromatic amines is 1. The first kappa shape index (κ1) is 17.8. The highest BCUT2D eigenvalue weighted by atomic mass is 19.1. The molecule has 1 aromatic carbocycles. The predicted molar refractivity (Wildman–Crippen MR) is 106 cm³/mol. The predicted octanol–water partition coefficient (Wildman–Crippen LogP) is 4.02. The van der Waals surface area contributed by atoms with Crippen LogP contribution in [0.3, 0.4) is 0 Å².